The van der Waals surface area contributed by atoms with Crippen LogP contribution in [0.25, 0.3) is 0 Å². The quantitative estimate of drug-likeness (QED) is 0.804. The van der Waals surface area contributed by atoms with Crippen molar-refractivity contribution in [2.45, 2.75) is 32.4 Å². The fourth-order valence-corrected chi connectivity index (χ4v) is 2.05. The zero-order valence-corrected chi connectivity index (χ0v) is 10.4. The Morgan fingerprint density at radius 3 is 2.81 bits per heavy atom. The van der Waals surface area contributed by atoms with Crippen LogP contribution in [0.4, 0.5) is 0 Å². The summed E-state index contributed by atoms with van der Waals surface area (Å²) in [7, 11) is -2.90. The molecule has 1 unspecified atom stereocenters. The van der Waals surface area contributed by atoms with Crippen molar-refractivity contribution < 1.29 is 13.5 Å². The van der Waals surface area contributed by atoms with Crippen LogP contribution < -0.4 is 0 Å². The van der Waals surface area contributed by atoms with Gasteiger partial charge in [0, 0.05) is 24.6 Å². The Hall–Kier alpha value is -0.880. The first-order valence-electron chi connectivity index (χ1n) is 5.30. The van der Waals surface area contributed by atoms with Crippen LogP contribution >= 0.6 is 0 Å². The first-order chi connectivity index (χ1) is 7.42. The third-order valence-corrected chi connectivity index (χ3v) is 3.36. The first-order valence-corrected chi connectivity index (χ1v) is 7.36. The number of aliphatic hydroxyl groups is 1. The SMILES string of the molecule is CCC(O)c1cnn(CCCS(C)(=O)=O)c1. The molecule has 0 amide bonds. The van der Waals surface area contributed by atoms with E-state index in [1.807, 2.05) is 6.92 Å². The molecule has 0 fully saturated rings. The van der Waals surface area contributed by atoms with Gasteiger partial charge < -0.3 is 5.11 Å². The molecule has 1 rings (SSSR count). The van der Waals surface area contributed by atoms with Gasteiger partial charge in [-0.3, -0.25) is 4.68 Å². The third-order valence-electron chi connectivity index (χ3n) is 2.33. The average molecular weight is 246 g/mol. The molecule has 0 aliphatic rings. The van der Waals surface area contributed by atoms with Crippen molar-refractivity contribution in [3.05, 3.63) is 18.0 Å². The Morgan fingerprint density at radius 2 is 2.25 bits per heavy atom. The van der Waals surface area contributed by atoms with Crippen molar-refractivity contribution in [1.29, 1.82) is 0 Å². The average Bonchev–Trinajstić information content (AvgIpc) is 2.63. The van der Waals surface area contributed by atoms with Crippen LogP contribution in [0.15, 0.2) is 12.4 Å². The summed E-state index contributed by atoms with van der Waals surface area (Å²) in [5.74, 6) is 0.165. The summed E-state index contributed by atoms with van der Waals surface area (Å²) < 4.78 is 23.5. The topological polar surface area (TPSA) is 72.2 Å². The fraction of sp³-hybridized carbons (Fsp3) is 0.700. The summed E-state index contributed by atoms with van der Waals surface area (Å²) in [5.41, 5.74) is 0.779. The molecular formula is C10H18N2O3S. The Kier molecular flexibility index (Phi) is 4.49. The fourth-order valence-electron chi connectivity index (χ4n) is 1.40. The van der Waals surface area contributed by atoms with E-state index < -0.39 is 15.9 Å². The maximum absolute atomic E-state index is 10.9. The van der Waals surface area contributed by atoms with Crippen molar-refractivity contribution in [3.8, 4) is 0 Å². The maximum atomic E-state index is 10.9. The van der Waals surface area contributed by atoms with Gasteiger partial charge in [0.25, 0.3) is 0 Å². The number of hydrogen-bond donors (Lipinski definition) is 1. The highest BCUT2D eigenvalue weighted by Gasteiger charge is 2.08. The van der Waals surface area contributed by atoms with E-state index >= 15 is 0 Å². The van der Waals surface area contributed by atoms with E-state index in [0.717, 1.165) is 5.56 Å². The van der Waals surface area contributed by atoms with Gasteiger partial charge in [-0.05, 0) is 12.8 Å². The second-order valence-corrected chi connectivity index (χ2v) is 6.20. The molecule has 0 aromatic carbocycles. The highest BCUT2D eigenvalue weighted by molar-refractivity contribution is 7.90. The van der Waals surface area contributed by atoms with Crippen LogP contribution in [0.5, 0.6) is 0 Å². The van der Waals surface area contributed by atoms with Gasteiger partial charge in [-0.25, -0.2) is 8.42 Å². The molecule has 0 saturated heterocycles. The van der Waals surface area contributed by atoms with Crippen LogP contribution in [0.2, 0.25) is 0 Å². The van der Waals surface area contributed by atoms with E-state index in [4.69, 9.17) is 0 Å². The number of aryl methyl sites for hydroxylation is 1. The standard InChI is InChI=1S/C10H18N2O3S/c1-3-10(13)9-7-11-12(8-9)5-4-6-16(2,14)15/h7-8,10,13H,3-6H2,1-2H3. The number of aliphatic hydroxyl groups excluding tert-OH is 1. The predicted octanol–water partition coefficient (Wildman–Crippen LogP) is 0.761. The molecule has 92 valence electrons. The molecule has 1 atom stereocenters. The molecular weight excluding hydrogens is 228 g/mol. The number of nitrogens with zero attached hydrogens (tertiary/aromatic N) is 2. The van der Waals surface area contributed by atoms with Gasteiger partial charge in [0.1, 0.15) is 9.84 Å². The summed E-state index contributed by atoms with van der Waals surface area (Å²) in [4.78, 5) is 0. The second-order valence-electron chi connectivity index (χ2n) is 3.94. The highest BCUT2D eigenvalue weighted by Crippen LogP contribution is 2.14. The van der Waals surface area contributed by atoms with Crippen molar-refractivity contribution in [2.75, 3.05) is 12.0 Å². The molecule has 1 aromatic rings. The predicted molar refractivity (Wildman–Crippen MR) is 61.8 cm³/mol. The summed E-state index contributed by atoms with van der Waals surface area (Å²) >= 11 is 0. The van der Waals surface area contributed by atoms with Crippen molar-refractivity contribution >= 4 is 9.84 Å². The van der Waals surface area contributed by atoms with Gasteiger partial charge >= 0.3 is 0 Å². The minimum Gasteiger partial charge on any atom is -0.388 e. The van der Waals surface area contributed by atoms with Gasteiger partial charge in [0.05, 0.1) is 18.1 Å². The van der Waals surface area contributed by atoms with Crippen LogP contribution in [0.3, 0.4) is 0 Å². The largest absolute Gasteiger partial charge is 0.388 e. The van der Waals surface area contributed by atoms with Crippen molar-refractivity contribution in [2.24, 2.45) is 0 Å². The van der Waals surface area contributed by atoms with Crippen molar-refractivity contribution in [1.82, 2.24) is 9.78 Å². The number of rotatable bonds is 6. The minimum atomic E-state index is -2.90. The van der Waals surface area contributed by atoms with E-state index in [-0.39, 0.29) is 5.75 Å². The van der Waals surface area contributed by atoms with Crippen LogP contribution in [-0.4, -0.2) is 35.3 Å². The van der Waals surface area contributed by atoms with Crippen molar-refractivity contribution in [3.63, 3.8) is 0 Å². The third kappa shape index (κ3) is 4.32. The molecule has 0 saturated carbocycles. The minimum absolute atomic E-state index is 0.165. The smallest absolute Gasteiger partial charge is 0.147 e. The molecule has 5 nitrogen and oxygen atoms in total. The van der Waals surface area contributed by atoms with Crippen LogP contribution in [-0.2, 0) is 16.4 Å². The molecule has 0 aliphatic carbocycles. The van der Waals surface area contributed by atoms with Gasteiger partial charge in [0.2, 0.25) is 0 Å². The van der Waals surface area contributed by atoms with E-state index in [9.17, 15) is 13.5 Å². The lowest BCUT2D eigenvalue weighted by atomic mass is 10.2. The molecule has 0 radical (unpaired) electrons. The summed E-state index contributed by atoms with van der Waals surface area (Å²) in [6.07, 6.45) is 5.31. The summed E-state index contributed by atoms with van der Waals surface area (Å²) in [6, 6.07) is 0. The number of sulfone groups is 1. The van der Waals surface area contributed by atoms with Gasteiger partial charge in [-0.2, -0.15) is 5.10 Å². The lowest BCUT2D eigenvalue weighted by molar-refractivity contribution is 0.173. The molecule has 1 heterocycles. The van der Waals surface area contributed by atoms with Gasteiger partial charge in [-0.1, -0.05) is 6.92 Å². The normalized spacial score (nSPS) is 13.9. The molecule has 0 spiro atoms. The first kappa shape index (κ1) is 13.2. The maximum Gasteiger partial charge on any atom is 0.147 e. The molecule has 16 heavy (non-hydrogen) atoms. The van der Waals surface area contributed by atoms with Gasteiger partial charge in [-0.15, -0.1) is 0 Å². The molecule has 1 N–H and O–H groups in total. The second kappa shape index (κ2) is 5.45. The molecule has 1 aromatic heterocycles. The lowest BCUT2D eigenvalue weighted by Gasteiger charge is -2.03. The molecule has 0 aliphatic heterocycles. The van der Waals surface area contributed by atoms with E-state index in [2.05, 4.69) is 5.10 Å². The van der Waals surface area contributed by atoms with Crippen LogP contribution in [0, 0.1) is 0 Å². The van der Waals surface area contributed by atoms with Crippen LogP contribution in [0.1, 0.15) is 31.4 Å². The Balaban J connectivity index is 2.47. The number of hydrogen-bond acceptors (Lipinski definition) is 4. The van der Waals surface area contributed by atoms with E-state index in [1.54, 1.807) is 17.1 Å². The molecule has 0 bridgehead atoms. The van der Waals surface area contributed by atoms with Gasteiger partial charge in [0.15, 0.2) is 0 Å². The number of aromatic nitrogens is 2. The van der Waals surface area contributed by atoms with E-state index in [0.29, 0.717) is 19.4 Å². The van der Waals surface area contributed by atoms with E-state index in [1.165, 1.54) is 6.26 Å². The Morgan fingerprint density at radius 1 is 1.56 bits per heavy atom. The zero-order chi connectivity index (χ0) is 12.2. The highest BCUT2D eigenvalue weighted by atomic mass is 32.2. The molecule has 6 heteroatoms. The Bertz CT molecular complexity index is 425. The monoisotopic (exact) mass is 246 g/mol. The Labute approximate surface area is 96.0 Å². The lowest BCUT2D eigenvalue weighted by Crippen LogP contribution is -2.07. The summed E-state index contributed by atoms with van der Waals surface area (Å²) in [5, 5.41) is 13.6. The zero-order valence-electron chi connectivity index (χ0n) is 9.63. The summed E-state index contributed by atoms with van der Waals surface area (Å²) in [6.45, 7) is 2.45.